The largest absolute Gasteiger partial charge is 0.368 e. The Hall–Kier alpha value is -1.17. The van der Waals surface area contributed by atoms with Crippen molar-refractivity contribution in [3.63, 3.8) is 0 Å². The highest BCUT2D eigenvalue weighted by Gasteiger charge is 2.26. The average molecular weight is 200 g/mol. The normalized spacial score (nSPS) is 20.1. The fourth-order valence-electron chi connectivity index (χ4n) is 1.56. The second-order valence-corrected chi connectivity index (χ2v) is 3.49. The van der Waals surface area contributed by atoms with Crippen molar-refractivity contribution in [3.8, 4) is 0 Å². The van der Waals surface area contributed by atoms with Gasteiger partial charge in [-0.1, -0.05) is 6.42 Å². The molecule has 0 spiro atoms. The van der Waals surface area contributed by atoms with Gasteiger partial charge in [-0.05, 0) is 19.8 Å². The van der Waals surface area contributed by atoms with E-state index in [9.17, 15) is 9.70 Å². The summed E-state index contributed by atoms with van der Waals surface area (Å²) in [6.07, 6.45) is 3.21. The molecule has 0 aromatic heterocycles. The zero-order valence-electron chi connectivity index (χ0n) is 8.35. The Kier molecular flexibility index (Phi) is 3.82. The van der Waals surface area contributed by atoms with Crippen molar-refractivity contribution in [2.75, 3.05) is 13.1 Å². The Bertz CT molecular complexity index is 215. The van der Waals surface area contributed by atoms with E-state index in [0.717, 1.165) is 37.5 Å². The predicted octanol–water partition coefficient (Wildman–Crippen LogP) is 0.244. The second-order valence-electron chi connectivity index (χ2n) is 3.49. The fourth-order valence-corrected chi connectivity index (χ4v) is 1.56. The first-order valence-corrected chi connectivity index (χ1v) is 4.83. The maximum absolute atomic E-state index is 10.9. The van der Waals surface area contributed by atoms with Crippen LogP contribution in [0.1, 0.15) is 26.2 Å². The number of nitrogens with zero attached hydrogens (tertiary/aromatic N) is 3. The van der Waals surface area contributed by atoms with Crippen molar-refractivity contribution in [3.05, 3.63) is 4.91 Å². The number of hydrogen-bond donors (Lipinski definition) is 1. The molecule has 1 atom stereocenters. The Morgan fingerprint density at radius 3 is 2.43 bits per heavy atom. The molecule has 1 unspecified atom stereocenters. The van der Waals surface area contributed by atoms with Crippen LogP contribution in [-0.4, -0.2) is 35.2 Å². The minimum absolute atomic E-state index is 0.532. The van der Waals surface area contributed by atoms with Crippen LogP contribution in [0.25, 0.3) is 0 Å². The number of piperidine rings is 1. The smallest absolute Gasteiger partial charge is 0.243 e. The molecule has 6 heteroatoms. The van der Waals surface area contributed by atoms with Crippen LogP contribution in [0.2, 0.25) is 0 Å². The van der Waals surface area contributed by atoms with Crippen molar-refractivity contribution in [1.82, 2.24) is 10.1 Å². The van der Waals surface area contributed by atoms with Crippen LogP contribution in [0, 0.1) is 4.91 Å². The van der Waals surface area contributed by atoms with Crippen molar-refractivity contribution < 1.29 is 4.79 Å². The Morgan fingerprint density at radius 2 is 2.00 bits per heavy atom. The number of amides is 1. The monoisotopic (exact) mass is 200 g/mol. The minimum Gasteiger partial charge on any atom is -0.368 e. The van der Waals surface area contributed by atoms with Crippen LogP contribution >= 0.6 is 0 Å². The maximum atomic E-state index is 10.9. The molecule has 80 valence electrons. The number of carbonyl (C=O) groups is 1. The molecule has 1 aliphatic rings. The first-order valence-electron chi connectivity index (χ1n) is 4.83. The minimum atomic E-state index is -0.661. The van der Waals surface area contributed by atoms with E-state index in [1.54, 1.807) is 11.9 Å². The molecule has 0 aromatic carbocycles. The third kappa shape index (κ3) is 2.41. The van der Waals surface area contributed by atoms with E-state index in [1.807, 2.05) is 0 Å². The zero-order valence-corrected chi connectivity index (χ0v) is 8.35. The van der Waals surface area contributed by atoms with Gasteiger partial charge in [-0.15, -0.1) is 4.91 Å². The van der Waals surface area contributed by atoms with E-state index in [2.05, 4.69) is 5.29 Å². The SMILES string of the molecule is CC(C(N)=O)N(N=O)N1CCCCC1. The molecular weight excluding hydrogens is 184 g/mol. The Labute approximate surface area is 82.9 Å². The maximum Gasteiger partial charge on any atom is 0.243 e. The van der Waals surface area contributed by atoms with Gasteiger partial charge in [0.25, 0.3) is 0 Å². The molecule has 0 saturated carbocycles. The third-order valence-electron chi connectivity index (χ3n) is 2.46. The summed E-state index contributed by atoms with van der Waals surface area (Å²) in [6, 6.07) is -0.661. The van der Waals surface area contributed by atoms with E-state index < -0.39 is 11.9 Å². The second kappa shape index (κ2) is 4.90. The molecule has 1 saturated heterocycles. The number of rotatable bonds is 4. The van der Waals surface area contributed by atoms with Gasteiger partial charge < -0.3 is 5.73 Å². The number of hydrazine groups is 1. The van der Waals surface area contributed by atoms with Crippen molar-refractivity contribution in [2.45, 2.75) is 32.2 Å². The molecule has 1 heterocycles. The highest BCUT2D eigenvalue weighted by molar-refractivity contribution is 5.79. The van der Waals surface area contributed by atoms with Crippen LogP contribution in [0.15, 0.2) is 5.29 Å². The highest BCUT2D eigenvalue weighted by atomic mass is 16.3. The van der Waals surface area contributed by atoms with Crippen LogP contribution in [0.3, 0.4) is 0 Å². The molecule has 0 bridgehead atoms. The third-order valence-corrected chi connectivity index (χ3v) is 2.46. The van der Waals surface area contributed by atoms with Crippen LogP contribution in [0.4, 0.5) is 0 Å². The van der Waals surface area contributed by atoms with Crippen LogP contribution in [-0.2, 0) is 4.79 Å². The lowest BCUT2D eigenvalue weighted by molar-refractivity contribution is -0.134. The summed E-state index contributed by atoms with van der Waals surface area (Å²) >= 11 is 0. The lowest BCUT2D eigenvalue weighted by atomic mass is 10.2. The number of nitrogens with two attached hydrogens (primary N) is 1. The molecule has 1 aliphatic heterocycles. The molecule has 2 N–H and O–H groups in total. The predicted molar refractivity (Wildman–Crippen MR) is 51.7 cm³/mol. The molecule has 1 amide bonds. The van der Waals surface area contributed by atoms with E-state index >= 15 is 0 Å². The van der Waals surface area contributed by atoms with Crippen molar-refractivity contribution in [1.29, 1.82) is 0 Å². The molecule has 1 rings (SSSR count). The summed E-state index contributed by atoms with van der Waals surface area (Å²) in [7, 11) is 0. The fraction of sp³-hybridized carbons (Fsp3) is 0.875. The van der Waals surface area contributed by atoms with Crippen LogP contribution < -0.4 is 5.73 Å². The molecular formula is C8H16N4O2. The lowest BCUT2D eigenvalue weighted by Gasteiger charge is -2.35. The van der Waals surface area contributed by atoms with Gasteiger partial charge in [0.1, 0.15) is 6.04 Å². The molecule has 6 nitrogen and oxygen atoms in total. The number of nitroso groups, excluding NO2 is 1. The van der Waals surface area contributed by atoms with Gasteiger partial charge in [0.2, 0.25) is 5.91 Å². The van der Waals surface area contributed by atoms with Gasteiger partial charge in [0.15, 0.2) is 0 Å². The lowest BCUT2D eigenvalue weighted by Crippen LogP contribution is -2.51. The molecule has 1 fully saturated rings. The molecule has 0 aliphatic carbocycles. The van der Waals surface area contributed by atoms with E-state index in [4.69, 9.17) is 5.73 Å². The van der Waals surface area contributed by atoms with E-state index in [1.165, 1.54) is 0 Å². The first-order chi connectivity index (χ1) is 6.66. The average Bonchev–Trinajstić information content (AvgIpc) is 2.20. The Balaban J connectivity index is 2.59. The van der Waals surface area contributed by atoms with Gasteiger partial charge in [-0.25, -0.2) is 5.01 Å². The van der Waals surface area contributed by atoms with Crippen LogP contribution in [0.5, 0.6) is 0 Å². The standard InChI is InChI=1S/C8H16N4O2/c1-7(8(9)13)12(10-14)11-5-3-2-4-6-11/h7H,2-6H2,1H3,(H2,9,13). The van der Waals surface area contributed by atoms with Gasteiger partial charge in [0.05, 0.1) is 5.29 Å². The summed E-state index contributed by atoms with van der Waals surface area (Å²) in [4.78, 5) is 21.5. The molecule has 0 aromatic rings. The Morgan fingerprint density at radius 1 is 1.43 bits per heavy atom. The highest BCUT2D eigenvalue weighted by Crippen LogP contribution is 2.14. The molecule has 14 heavy (non-hydrogen) atoms. The molecule has 0 radical (unpaired) electrons. The van der Waals surface area contributed by atoms with Crippen molar-refractivity contribution >= 4 is 5.91 Å². The summed E-state index contributed by atoms with van der Waals surface area (Å²) in [5.74, 6) is -0.532. The van der Waals surface area contributed by atoms with E-state index in [-0.39, 0.29) is 0 Å². The van der Waals surface area contributed by atoms with Crippen molar-refractivity contribution in [2.24, 2.45) is 11.0 Å². The van der Waals surface area contributed by atoms with E-state index in [0.29, 0.717) is 0 Å². The number of hydrogen-bond acceptors (Lipinski definition) is 4. The van der Waals surface area contributed by atoms with Gasteiger partial charge in [-0.2, -0.15) is 5.12 Å². The first kappa shape index (κ1) is 10.9. The van der Waals surface area contributed by atoms with Gasteiger partial charge in [0, 0.05) is 13.1 Å². The van der Waals surface area contributed by atoms with Gasteiger partial charge >= 0.3 is 0 Å². The number of carbonyl (C=O) groups excluding carboxylic acids is 1. The quantitative estimate of drug-likeness (QED) is 0.521. The zero-order chi connectivity index (χ0) is 10.6. The summed E-state index contributed by atoms with van der Waals surface area (Å²) in [5.41, 5.74) is 5.11. The topological polar surface area (TPSA) is 79.0 Å². The summed E-state index contributed by atoms with van der Waals surface area (Å²) < 4.78 is 0. The summed E-state index contributed by atoms with van der Waals surface area (Å²) in [5, 5.41) is 5.78. The summed E-state index contributed by atoms with van der Waals surface area (Å²) in [6.45, 7) is 3.12. The van der Waals surface area contributed by atoms with Gasteiger partial charge in [-0.3, -0.25) is 4.79 Å². The number of primary amides is 1.